The smallest absolute Gasteiger partial charge is 0.252 e. The molecule has 2 atom stereocenters. The molecule has 0 saturated carbocycles. The average molecular weight is 445 g/mol. The minimum Gasteiger partial charge on any atom is -0.392 e. The number of amides is 2. The molecular weight excluding hydrogens is 423 g/mol. The van der Waals surface area contributed by atoms with E-state index in [0.717, 1.165) is 17.0 Å². The molecule has 2 aromatic rings. The zero-order chi connectivity index (χ0) is 22.6. The van der Waals surface area contributed by atoms with Crippen LogP contribution in [-0.2, 0) is 22.7 Å². The second-order valence-corrected chi connectivity index (χ2v) is 8.80. The maximum Gasteiger partial charge on any atom is 0.252 e. The summed E-state index contributed by atoms with van der Waals surface area (Å²) in [7, 11) is 0. The van der Waals surface area contributed by atoms with Crippen LogP contribution in [0.2, 0.25) is 0 Å². The Morgan fingerprint density at radius 1 is 0.969 bits per heavy atom. The predicted octanol–water partition coefficient (Wildman–Crippen LogP) is 1.66. The van der Waals surface area contributed by atoms with Gasteiger partial charge in [-0.05, 0) is 30.2 Å². The maximum absolute atomic E-state index is 14.2. The van der Waals surface area contributed by atoms with Crippen molar-refractivity contribution < 1.29 is 27.9 Å². The van der Waals surface area contributed by atoms with E-state index >= 15 is 0 Å². The predicted molar refractivity (Wildman–Crippen MR) is 107 cm³/mol. The maximum atomic E-state index is 14.2. The van der Waals surface area contributed by atoms with E-state index in [4.69, 9.17) is 0 Å². The molecule has 1 spiro atoms. The molecule has 3 aliphatic rings. The van der Waals surface area contributed by atoms with E-state index in [1.54, 1.807) is 11.0 Å². The monoisotopic (exact) mass is 445 g/mol. The summed E-state index contributed by atoms with van der Waals surface area (Å²) in [5, 5.41) is 10.2. The molecule has 0 aromatic heterocycles. The number of halogens is 3. The number of piperazine rings is 1. The molecule has 2 aromatic carbocycles. The quantitative estimate of drug-likeness (QED) is 0.726. The highest BCUT2D eigenvalue weighted by molar-refractivity contribution is 6.06. The second-order valence-electron chi connectivity index (χ2n) is 8.80. The van der Waals surface area contributed by atoms with Crippen LogP contribution >= 0.6 is 0 Å². The molecule has 0 unspecified atom stereocenters. The van der Waals surface area contributed by atoms with Crippen LogP contribution in [0.1, 0.15) is 17.5 Å². The van der Waals surface area contributed by atoms with Gasteiger partial charge in [-0.25, -0.2) is 13.2 Å². The number of likely N-dealkylation sites (tertiary alicyclic amines) is 1. The average Bonchev–Trinajstić information content (AvgIpc) is 3.13. The number of hydrogen-bond acceptors (Lipinski definition) is 5. The molecule has 0 radical (unpaired) electrons. The molecule has 3 saturated heterocycles. The van der Waals surface area contributed by atoms with Gasteiger partial charge in [-0.15, -0.1) is 0 Å². The van der Waals surface area contributed by atoms with Crippen molar-refractivity contribution >= 4 is 11.8 Å². The van der Waals surface area contributed by atoms with Crippen LogP contribution in [-0.4, -0.2) is 68.9 Å². The fourth-order valence-electron chi connectivity index (χ4n) is 5.14. The number of carbonyl (C=O) groups excluding carboxylic acids is 2. The molecule has 3 fully saturated rings. The Kier molecular flexibility index (Phi) is 5.07. The highest BCUT2D eigenvalue weighted by Crippen LogP contribution is 2.41. The highest BCUT2D eigenvalue weighted by atomic mass is 19.2. The summed E-state index contributed by atoms with van der Waals surface area (Å²) in [6.45, 7) is 0.892. The number of benzene rings is 2. The molecule has 6 nitrogen and oxygen atoms in total. The molecule has 3 heterocycles. The molecule has 1 N–H and O–H groups in total. The SMILES string of the molecule is O=C1[C@@H]2C[C@@H](O)CN2C2(CN(Cc3ccc(F)c(F)c3)C2)C(=O)N1Cc1ccccc1F. The summed E-state index contributed by atoms with van der Waals surface area (Å²) in [6, 6.07) is 9.02. The first-order valence-corrected chi connectivity index (χ1v) is 10.5. The van der Waals surface area contributed by atoms with Gasteiger partial charge in [0.15, 0.2) is 11.6 Å². The lowest BCUT2D eigenvalue weighted by molar-refractivity contribution is -0.181. The van der Waals surface area contributed by atoms with Crippen molar-refractivity contribution in [3.05, 3.63) is 71.0 Å². The standard InChI is InChI=1S/C23H22F3N3O3/c24-17-4-2-1-3-15(17)10-28-21(31)20-8-16(30)11-29(20)23(22(28)32)12-27(13-23)9-14-5-6-18(25)19(26)7-14/h1-7,16,20,30H,8-13H2/t16-,20+/m1/s1. The summed E-state index contributed by atoms with van der Waals surface area (Å²) in [6.07, 6.45) is -0.521. The highest BCUT2D eigenvalue weighted by Gasteiger charge is 2.64. The Morgan fingerprint density at radius 2 is 1.72 bits per heavy atom. The van der Waals surface area contributed by atoms with Gasteiger partial charge in [-0.2, -0.15) is 0 Å². The number of aliphatic hydroxyl groups is 1. The van der Waals surface area contributed by atoms with Crippen LogP contribution in [0.3, 0.4) is 0 Å². The minimum absolute atomic E-state index is 0.171. The molecule has 3 aliphatic heterocycles. The van der Waals surface area contributed by atoms with Gasteiger partial charge in [0, 0.05) is 31.7 Å². The van der Waals surface area contributed by atoms with E-state index < -0.39 is 47.0 Å². The molecule has 32 heavy (non-hydrogen) atoms. The largest absolute Gasteiger partial charge is 0.392 e. The summed E-state index contributed by atoms with van der Waals surface area (Å²) in [4.78, 5) is 31.4. The summed E-state index contributed by atoms with van der Waals surface area (Å²) in [5.74, 6) is -3.20. The number of nitrogens with zero attached hydrogens (tertiary/aromatic N) is 3. The van der Waals surface area contributed by atoms with E-state index in [9.17, 15) is 27.9 Å². The fraction of sp³-hybridized carbons (Fsp3) is 0.391. The van der Waals surface area contributed by atoms with Crippen molar-refractivity contribution in [2.45, 2.75) is 37.2 Å². The second kappa shape index (κ2) is 7.68. The van der Waals surface area contributed by atoms with Crippen molar-refractivity contribution in [2.75, 3.05) is 19.6 Å². The first-order chi connectivity index (χ1) is 15.3. The van der Waals surface area contributed by atoms with Gasteiger partial charge in [-0.3, -0.25) is 24.3 Å². The number of fused-ring (bicyclic) bond motifs is 2. The van der Waals surface area contributed by atoms with Crippen LogP contribution in [0, 0.1) is 17.5 Å². The molecule has 9 heteroatoms. The number of rotatable bonds is 4. The number of β-amino-alcohol motifs (C(OH)–C–C–N with tert-alkyl or cyclic N) is 1. The van der Waals surface area contributed by atoms with Gasteiger partial charge >= 0.3 is 0 Å². The normalized spacial score (nSPS) is 25.3. The Balaban J connectivity index is 1.39. The molecule has 5 rings (SSSR count). The number of hydrogen-bond donors (Lipinski definition) is 1. The van der Waals surface area contributed by atoms with Crippen LogP contribution in [0.4, 0.5) is 13.2 Å². The number of imide groups is 1. The molecule has 168 valence electrons. The first-order valence-electron chi connectivity index (χ1n) is 10.5. The van der Waals surface area contributed by atoms with Crippen LogP contribution in [0.25, 0.3) is 0 Å². The van der Waals surface area contributed by atoms with Gasteiger partial charge < -0.3 is 5.11 Å². The van der Waals surface area contributed by atoms with Gasteiger partial charge in [0.2, 0.25) is 5.91 Å². The Morgan fingerprint density at radius 3 is 2.44 bits per heavy atom. The zero-order valence-electron chi connectivity index (χ0n) is 17.2. The van der Waals surface area contributed by atoms with E-state index in [2.05, 4.69) is 0 Å². The van der Waals surface area contributed by atoms with Crippen LogP contribution in [0.5, 0.6) is 0 Å². The van der Waals surface area contributed by atoms with Crippen molar-refractivity contribution in [3.63, 3.8) is 0 Å². The third kappa shape index (κ3) is 3.32. The van der Waals surface area contributed by atoms with Crippen molar-refractivity contribution in [2.24, 2.45) is 0 Å². The van der Waals surface area contributed by atoms with Crippen LogP contribution in [0.15, 0.2) is 42.5 Å². The molecule has 0 aliphatic carbocycles. The van der Waals surface area contributed by atoms with E-state index in [1.807, 2.05) is 4.90 Å². The van der Waals surface area contributed by atoms with Gasteiger partial charge in [0.1, 0.15) is 11.4 Å². The van der Waals surface area contributed by atoms with Crippen molar-refractivity contribution in [1.82, 2.24) is 14.7 Å². The summed E-state index contributed by atoms with van der Waals surface area (Å²) < 4.78 is 41.0. The van der Waals surface area contributed by atoms with Gasteiger partial charge in [0.05, 0.1) is 18.7 Å². The summed E-state index contributed by atoms with van der Waals surface area (Å²) in [5.41, 5.74) is -0.200. The molecule has 0 bridgehead atoms. The third-order valence-corrected chi connectivity index (χ3v) is 6.67. The van der Waals surface area contributed by atoms with Gasteiger partial charge in [0.25, 0.3) is 5.91 Å². The van der Waals surface area contributed by atoms with Crippen molar-refractivity contribution in [3.8, 4) is 0 Å². The molecule has 2 amide bonds. The molecular formula is C23H22F3N3O3. The minimum atomic E-state index is -1.01. The van der Waals surface area contributed by atoms with Crippen LogP contribution < -0.4 is 0 Å². The lowest BCUT2D eigenvalue weighted by Gasteiger charge is -2.58. The Bertz CT molecular complexity index is 1090. The first kappa shape index (κ1) is 21.1. The Hall–Kier alpha value is -2.75. The van der Waals surface area contributed by atoms with E-state index in [-0.39, 0.29) is 38.2 Å². The lowest BCUT2D eigenvalue weighted by atomic mass is 9.82. The third-order valence-electron chi connectivity index (χ3n) is 6.67. The van der Waals surface area contributed by atoms with Gasteiger partial charge in [-0.1, -0.05) is 24.3 Å². The summed E-state index contributed by atoms with van der Waals surface area (Å²) >= 11 is 0. The number of aliphatic hydroxyl groups excluding tert-OH is 1. The van der Waals surface area contributed by atoms with E-state index in [0.29, 0.717) is 12.1 Å². The fourth-order valence-corrected chi connectivity index (χ4v) is 5.14. The Labute approximate surface area is 182 Å². The van der Waals surface area contributed by atoms with E-state index in [1.165, 1.54) is 24.3 Å². The lowest BCUT2D eigenvalue weighted by Crippen LogP contribution is -2.81. The topological polar surface area (TPSA) is 64.1 Å². The van der Waals surface area contributed by atoms with Crippen molar-refractivity contribution in [1.29, 1.82) is 0 Å². The number of carbonyl (C=O) groups is 2. The zero-order valence-corrected chi connectivity index (χ0v) is 17.2.